The number of aliphatic imine (C=N–C) groups is 2. The van der Waals surface area contributed by atoms with E-state index in [2.05, 4.69) is 62.3 Å². The first-order chi connectivity index (χ1) is 17.0. The normalized spacial score (nSPS) is 23.7. The molecule has 1 unspecified atom stereocenters. The van der Waals surface area contributed by atoms with Gasteiger partial charge in [-0.1, -0.05) is 18.7 Å². The van der Waals surface area contributed by atoms with E-state index < -0.39 is 11.7 Å². The van der Waals surface area contributed by atoms with E-state index in [4.69, 9.17) is 4.74 Å². The van der Waals surface area contributed by atoms with Crippen LogP contribution in [0.5, 0.6) is 5.75 Å². The van der Waals surface area contributed by atoms with Gasteiger partial charge >= 0.3 is 0 Å². The Kier molecular flexibility index (Phi) is 6.33. The van der Waals surface area contributed by atoms with E-state index in [9.17, 15) is 9.18 Å². The second-order valence-corrected chi connectivity index (χ2v) is 8.68. The quantitative estimate of drug-likeness (QED) is 0.656. The van der Waals surface area contributed by atoms with Crippen LogP contribution in [0.3, 0.4) is 0 Å². The van der Waals surface area contributed by atoms with Crippen LogP contribution in [-0.2, 0) is 4.79 Å². The molecule has 0 saturated carbocycles. The van der Waals surface area contributed by atoms with Gasteiger partial charge in [-0.05, 0) is 49.4 Å². The molecule has 1 aromatic rings. The molecular formula is C26H27FN6O2. The zero-order valence-corrected chi connectivity index (χ0v) is 19.5. The first kappa shape index (κ1) is 22.8. The number of carbonyl (C=O) groups is 1. The van der Waals surface area contributed by atoms with Gasteiger partial charge in [-0.25, -0.2) is 14.4 Å². The Morgan fingerprint density at radius 1 is 1.29 bits per heavy atom. The number of nitrogens with zero attached hydrogens (tertiary/aromatic N) is 4. The van der Waals surface area contributed by atoms with Crippen LogP contribution < -0.4 is 15.4 Å². The van der Waals surface area contributed by atoms with Crippen LogP contribution in [0.25, 0.3) is 0 Å². The van der Waals surface area contributed by atoms with Gasteiger partial charge in [0.15, 0.2) is 6.17 Å². The van der Waals surface area contributed by atoms with Gasteiger partial charge in [0.25, 0.3) is 0 Å². The van der Waals surface area contributed by atoms with Gasteiger partial charge in [0.1, 0.15) is 17.9 Å². The van der Waals surface area contributed by atoms with E-state index in [-0.39, 0.29) is 11.9 Å². The summed E-state index contributed by atoms with van der Waals surface area (Å²) in [6.07, 6.45) is 11.6. The maximum absolute atomic E-state index is 14.1. The fourth-order valence-corrected chi connectivity index (χ4v) is 4.29. The molecule has 4 aliphatic rings. The minimum atomic E-state index is -0.570. The molecule has 2 N–H and O–H groups in total. The molecule has 1 aromatic carbocycles. The zero-order valence-electron chi connectivity index (χ0n) is 19.5. The molecule has 8 nitrogen and oxygen atoms in total. The van der Waals surface area contributed by atoms with Crippen LogP contribution in [0.2, 0.25) is 0 Å². The fourth-order valence-electron chi connectivity index (χ4n) is 4.29. The van der Waals surface area contributed by atoms with Crippen LogP contribution in [0.1, 0.15) is 6.42 Å². The number of allylic oxidation sites excluding steroid dienone is 5. The summed E-state index contributed by atoms with van der Waals surface area (Å²) in [5.41, 5.74) is 4.20. The van der Waals surface area contributed by atoms with Gasteiger partial charge in [-0.3, -0.25) is 4.79 Å². The monoisotopic (exact) mass is 474 g/mol. The molecule has 1 amide bonds. The van der Waals surface area contributed by atoms with Gasteiger partial charge in [0.05, 0.1) is 11.3 Å². The van der Waals surface area contributed by atoms with Crippen LogP contribution in [0, 0.1) is 5.82 Å². The average Bonchev–Trinajstić information content (AvgIpc) is 3.32. The molecule has 0 spiro atoms. The smallest absolute Gasteiger partial charge is 0.247 e. The maximum atomic E-state index is 14.1. The molecular weight excluding hydrogens is 447 g/mol. The first-order valence-corrected chi connectivity index (χ1v) is 11.5. The minimum Gasteiger partial charge on any atom is -0.438 e. The summed E-state index contributed by atoms with van der Waals surface area (Å²) in [4.78, 5) is 25.1. The fraction of sp³-hybridized carbons (Fsp3) is 0.269. The largest absolute Gasteiger partial charge is 0.438 e. The Labute approximate surface area is 203 Å². The van der Waals surface area contributed by atoms with Crippen LogP contribution >= 0.6 is 0 Å². The van der Waals surface area contributed by atoms with Crippen LogP contribution in [0.15, 0.2) is 87.7 Å². The topological polar surface area (TPSA) is 81.6 Å². The van der Waals surface area contributed by atoms with Crippen molar-refractivity contribution in [1.29, 1.82) is 0 Å². The van der Waals surface area contributed by atoms with E-state index in [1.165, 1.54) is 30.2 Å². The number of halogens is 1. The lowest BCUT2D eigenvalue weighted by molar-refractivity contribution is -0.111. The molecule has 5 rings (SSSR count). The number of nitrogens with one attached hydrogen (secondary N) is 2. The Hall–Kier alpha value is -3.98. The summed E-state index contributed by atoms with van der Waals surface area (Å²) >= 11 is 0. The van der Waals surface area contributed by atoms with Gasteiger partial charge in [-0.2, -0.15) is 0 Å². The number of benzene rings is 1. The Bertz CT molecular complexity index is 1230. The minimum absolute atomic E-state index is 0.00523. The number of amides is 1. The summed E-state index contributed by atoms with van der Waals surface area (Å²) in [5.74, 6) is -0.362. The Morgan fingerprint density at radius 2 is 2.11 bits per heavy atom. The highest BCUT2D eigenvalue weighted by Gasteiger charge is 2.30. The zero-order chi connectivity index (χ0) is 24.4. The van der Waals surface area contributed by atoms with Crippen LogP contribution in [-0.4, -0.2) is 67.3 Å². The molecule has 180 valence electrons. The van der Waals surface area contributed by atoms with E-state index >= 15 is 0 Å². The van der Waals surface area contributed by atoms with Gasteiger partial charge in [0.2, 0.25) is 11.8 Å². The number of anilines is 1. The van der Waals surface area contributed by atoms with E-state index in [0.29, 0.717) is 11.6 Å². The average molecular weight is 475 g/mol. The molecule has 0 radical (unpaired) electrons. The number of hydrogen-bond donors (Lipinski definition) is 2. The summed E-state index contributed by atoms with van der Waals surface area (Å²) in [5, 5.41) is 5.86. The van der Waals surface area contributed by atoms with E-state index in [1.54, 1.807) is 0 Å². The summed E-state index contributed by atoms with van der Waals surface area (Å²) in [7, 11) is 2.16. The van der Waals surface area contributed by atoms with Crippen molar-refractivity contribution < 1.29 is 13.9 Å². The second kappa shape index (κ2) is 9.71. The van der Waals surface area contributed by atoms with Crippen molar-refractivity contribution in [2.24, 2.45) is 9.98 Å². The van der Waals surface area contributed by atoms with Crippen molar-refractivity contribution in [1.82, 2.24) is 15.1 Å². The molecule has 3 heterocycles. The number of hydrogen-bond acceptors (Lipinski definition) is 7. The number of ether oxygens (including phenoxy) is 1. The molecule has 1 saturated heterocycles. The predicted octanol–water partition coefficient (Wildman–Crippen LogP) is 2.97. The standard InChI is InChI=1S/C26H27FN6O2/c1-3-24(34)30-23-14-19(8-9-21(23)27)35-26-20-15-22(31-25(20)28-16-29-26)17-4-6-18(7-5-17)33-12-10-32(2)11-13-33/h3-4,6-9,14-16,25,31H,1,5,10-13H2,2H3,(H,30,34). The Balaban J connectivity index is 1.31. The summed E-state index contributed by atoms with van der Waals surface area (Å²) < 4.78 is 20.0. The molecule has 1 fully saturated rings. The third kappa shape index (κ3) is 4.95. The van der Waals surface area contributed by atoms with Crippen molar-refractivity contribution in [2.75, 3.05) is 38.5 Å². The highest BCUT2D eigenvalue weighted by molar-refractivity contribution is 6.03. The predicted molar refractivity (Wildman–Crippen MR) is 135 cm³/mol. The van der Waals surface area contributed by atoms with Crippen molar-refractivity contribution >= 4 is 23.8 Å². The summed E-state index contributed by atoms with van der Waals surface area (Å²) in [6, 6.07) is 4.13. The molecule has 1 atom stereocenters. The van der Waals surface area contributed by atoms with Crippen molar-refractivity contribution in [3.63, 3.8) is 0 Å². The molecule has 9 heteroatoms. The van der Waals surface area contributed by atoms with Crippen molar-refractivity contribution in [3.8, 4) is 5.75 Å². The number of piperazine rings is 1. The lowest BCUT2D eigenvalue weighted by Crippen LogP contribution is -2.43. The second-order valence-electron chi connectivity index (χ2n) is 8.68. The van der Waals surface area contributed by atoms with Crippen molar-refractivity contribution in [3.05, 3.63) is 83.5 Å². The highest BCUT2D eigenvalue weighted by atomic mass is 19.1. The number of fused-ring (bicyclic) bond motifs is 1. The van der Waals surface area contributed by atoms with Gasteiger partial charge in [-0.15, -0.1) is 0 Å². The number of likely N-dealkylation sites (N-methyl/N-ethyl adjacent to an activating group) is 1. The van der Waals surface area contributed by atoms with Gasteiger partial charge in [0, 0.05) is 43.6 Å². The molecule has 0 aromatic heterocycles. The molecule has 0 bridgehead atoms. The molecule has 1 aliphatic carbocycles. The third-order valence-electron chi connectivity index (χ3n) is 6.32. The SMILES string of the molecule is C=CC(=O)Nc1cc(OC2=NC=NC3NC(=C4C=CC(N5CCN(C)CC5)=CC4)C=C23)ccc1F. The number of carbonyl (C=O) groups excluding carboxylic acids is 1. The van der Waals surface area contributed by atoms with Gasteiger partial charge < -0.3 is 25.2 Å². The molecule has 3 aliphatic heterocycles. The third-order valence-corrected chi connectivity index (χ3v) is 6.32. The summed E-state index contributed by atoms with van der Waals surface area (Å²) in [6.45, 7) is 7.61. The highest BCUT2D eigenvalue weighted by Crippen LogP contribution is 2.29. The van der Waals surface area contributed by atoms with Crippen LogP contribution in [0.4, 0.5) is 10.1 Å². The Morgan fingerprint density at radius 3 is 2.86 bits per heavy atom. The molecule has 35 heavy (non-hydrogen) atoms. The first-order valence-electron chi connectivity index (χ1n) is 11.5. The van der Waals surface area contributed by atoms with E-state index in [0.717, 1.165) is 55.5 Å². The van der Waals surface area contributed by atoms with E-state index in [1.807, 2.05) is 6.08 Å². The lowest BCUT2D eigenvalue weighted by Gasteiger charge is -2.35. The van der Waals surface area contributed by atoms with Crippen molar-refractivity contribution in [2.45, 2.75) is 12.6 Å². The number of rotatable bonds is 4. The lowest BCUT2D eigenvalue weighted by atomic mass is 10.0. The maximum Gasteiger partial charge on any atom is 0.247 e.